The lowest BCUT2D eigenvalue weighted by molar-refractivity contribution is 0.0941. The van der Waals surface area contributed by atoms with Gasteiger partial charge in [0.1, 0.15) is 5.75 Å². The van der Waals surface area contributed by atoms with Gasteiger partial charge in [-0.1, -0.05) is 13.0 Å². The van der Waals surface area contributed by atoms with Gasteiger partial charge in [0.05, 0.1) is 6.10 Å². The maximum absolute atomic E-state index is 11.6. The number of amides is 1. The second kappa shape index (κ2) is 6.12. The van der Waals surface area contributed by atoms with Crippen LogP contribution in [0.4, 0.5) is 0 Å². The maximum Gasteiger partial charge on any atom is 0.251 e. The third kappa shape index (κ3) is 3.90. The Kier molecular flexibility index (Phi) is 4.79. The van der Waals surface area contributed by atoms with Crippen molar-refractivity contribution in [3.8, 4) is 5.75 Å². The summed E-state index contributed by atoms with van der Waals surface area (Å²) in [5, 5.41) is 21.2. The summed E-state index contributed by atoms with van der Waals surface area (Å²) >= 11 is 0. The first kappa shape index (κ1) is 12.5. The van der Waals surface area contributed by atoms with Crippen LogP contribution in [0.25, 0.3) is 0 Å². The van der Waals surface area contributed by atoms with Crippen molar-refractivity contribution in [1.82, 2.24) is 5.32 Å². The molecule has 0 saturated carbocycles. The molecule has 1 aromatic carbocycles. The number of phenolic OH excluding ortho intramolecular Hbond substituents is 1. The number of hydrogen-bond acceptors (Lipinski definition) is 3. The van der Waals surface area contributed by atoms with E-state index < -0.39 is 0 Å². The second-order valence-corrected chi connectivity index (χ2v) is 3.66. The summed E-state index contributed by atoms with van der Waals surface area (Å²) in [7, 11) is 0. The molecule has 1 amide bonds. The van der Waals surface area contributed by atoms with Crippen LogP contribution in [0, 0.1) is 0 Å². The van der Waals surface area contributed by atoms with Gasteiger partial charge in [-0.05, 0) is 31.0 Å². The number of aliphatic hydroxyl groups excluding tert-OH is 1. The molecule has 0 aromatic heterocycles. The van der Waals surface area contributed by atoms with Gasteiger partial charge in [-0.25, -0.2) is 0 Å². The molecule has 1 unspecified atom stereocenters. The molecule has 0 fully saturated rings. The van der Waals surface area contributed by atoms with Crippen LogP contribution in [0.5, 0.6) is 5.75 Å². The van der Waals surface area contributed by atoms with Gasteiger partial charge in [-0.15, -0.1) is 0 Å². The highest BCUT2D eigenvalue weighted by Gasteiger charge is 2.06. The number of carbonyl (C=O) groups is 1. The van der Waals surface area contributed by atoms with E-state index in [1.807, 2.05) is 6.92 Å². The van der Waals surface area contributed by atoms with Crippen molar-refractivity contribution in [2.24, 2.45) is 0 Å². The molecule has 0 aliphatic carbocycles. The average molecular weight is 223 g/mol. The average Bonchev–Trinajstić information content (AvgIpc) is 2.28. The van der Waals surface area contributed by atoms with Gasteiger partial charge in [0, 0.05) is 12.1 Å². The molecule has 16 heavy (non-hydrogen) atoms. The number of aliphatic hydroxyl groups is 1. The Morgan fingerprint density at radius 3 is 2.88 bits per heavy atom. The van der Waals surface area contributed by atoms with E-state index in [1.165, 1.54) is 12.1 Å². The van der Waals surface area contributed by atoms with E-state index in [1.54, 1.807) is 12.1 Å². The quantitative estimate of drug-likeness (QED) is 0.704. The summed E-state index contributed by atoms with van der Waals surface area (Å²) in [5.74, 6) is -0.166. The van der Waals surface area contributed by atoms with Gasteiger partial charge in [0.15, 0.2) is 0 Å². The standard InChI is InChI=1S/C12H17NO3/c1-2-10(14)6-7-13-12(16)9-4-3-5-11(15)8-9/h3-5,8,10,14-15H,2,6-7H2,1H3,(H,13,16). The minimum Gasteiger partial charge on any atom is -0.508 e. The molecule has 3 N–H and O–H groups in total. The normalized spacial score (nSPS) is 12.1. The maximum atomic E-state index is 11.6. The van der Waals surface area contributed by atoms with Crippen LogP contribution in [0.1, 0.15) is 30.1 Å². The highest BCUT2D eigenvalue weighted by atomic mass is 16.3. The van der Waals surface area contributed by atoms with Crippen LogP contribution in [-0.2, 0) is 0 Å². The molecule has 4 heteroatoms. The van der Waals surface area contributed by atoms with Crippen molar-refractivity contribution in [3.05, 3.63) is 29.8 Å². The van der Waals surface area contributed by atoms with Gasteiger partial charge in [-0.3, -0.25) is 4.79 Å². The number of carbonyl (C=O) groups excluding carboxylic acids is 1. The van der Waals surface area contributed by atoms with Crippen molar-refractivity contribution in [2.75, 3.05) is 6.54 Å². The lowest BCUT2D eigenvalue weighted by atomic mass is 10.2. The number of benzene rings is 1. The number of phenols is 1. The molecule has 0 spiro atoms. The Morgan fingerprint density at radius 1 is 1.50 bits per heavy atom. The van der Waals surface area contributed by atoms with E-state index in [-0.39, 0.29) is 17.8 Å². The summed E-state index contributed by atoms with van der Waals surface area (Å²) in [4.78, 5) is 11.6. The third-order valence-corrected chi connectivity index (χ3v) is 2.34. The van der Waals surface area contributed by atoms with E-state index >= 15 is 0 Å². The molecule has 0 bridgehead atoms. The third-order valence-electron chi connectivity index (χ3n) is 2.34. The fourth-order valence-electron chi connectivity index (χ4n) is 1.31. The summed E-state index contributed by atoms with van der Waals surface area (Å²) in [6.07, 6.45) is 0.854. The first-order valence-corrected chi connectivity index (χ1v) is 5.38. The van der Waals surface area contributed by atoms with Crippen molar-refractivity contribution in [3.63, 3.8) is 0 Å². The minimum absolute atomic E-state index is 0.0706. The zero-order valence-electron chi connectivity index (χ0n) is 9.31. The molecule has 1 rings (SSSR count). The molecule has 0 saturated heterocycles. The molecule has 0 aliphatic heterocycles. The Labute approximate surface area is 94.9 Å². The predicted octanol–water partition coefficient (Wildman–Crippen LogP) is 1.28. The molecular weight excluding hydrogens is 206 g/mol. The molecule has 0 radical (unpaired) electrons. The zero-order chi connectivity index (χ0) is 12.0. The SMILES string of the molecule is CCC(O)CCNC(=O)c1cccc(O)c1. The number of rotatable bonds is 5. The van der Waals surface area contributed by atoms with Crippen molar-refractivity contribution in [1.29, 1.82) is 0 Å². The largest absolute Gasteiger partial charge is 0.508 e. The van der Waals surface area contributed by atoms with Crippen LogP contribution in [0.15, 0.2) is 24.3 Å². The van der Waals surface area contributed by atoms with E-state index in [0.29, 0.717) is 24.9 Å². The fourth-order valence-corrected chi connectivity index (χ4v) is 1.31. The van der Waals surface area contributed by atoms with E-state index in [0.717, 1.165) is 0 Å². The van der Waals surface area contributed by atoms with Gasteiger partial charge >= 0.3 is 0 Å². The van der Waals surface area contributed by atoms with E-state index in [9.17, 15) is 15.0 Å². The summed E-state index contributed by atoms with van der Waals surface area (Å²) < 4.78 is 0. The Hall–Kier alpha value is -1.55. The van der Waals surface area contributed by atoms with Crippen LogP contribution in [-0.4, -0.2) is 28.8 Å². The predicted molar refractivity (Wildman–Crippen MR) is 61.4 cm³/mol. The van der Waals surface area contributed by atoms with Gasteiger partial charge in [0.2, 0.25) is 0 Å². The Balaban J connectivity index is 2.41. The Morgan fingerprint density at radius 2 is 2.25 bits per heavy atom. The summed E-state index contributed by atoms with van der Waals surface area (Å²) in [6, 6.07) is 6.17. The van der Waals surface area contributed by atoms with Crippen molar-refractivity contribution < 1.29 is 15.0 Å². The minimum atomic E-state index is -0.371. The molecule has 1 aromatic rings. The zero-order valence-corrected chi connectivity index (χ0v) is 9.31. The highest BCUT2D eigenvalue weighted by molar-refractivity contribution is 5.94. The topological polar surface area (TPSA) is 69.6 Å². The van der Waals surface area contributed by atoms with Crippen molar-refractivity contribution in [2.45, 2.75) is 25.9 Å². The monoisotopic (exact) mass is 223 g/mol. The van der Waals surface area contributed by atoms with Crippen LogP contribution in [0.2, 0.25) is 0 Å². The first-order chi connectivity index (χ1) is 7.63. The summed E-state index contributed by atoms with van der Waals surface area (Å²) in [6.45, 7) is 2.32. The molecular formula is C12H17NO3. The molecule has 88 valence electrons. The van der Waals surface area contributed by atoms with Crippen LogP contribution < -0.4 is 5.32 Å². The van der Waals surface area contributed by atoms with Crippen LogP contribution >= 0.6 is 0 Å². The first-order valence-electron chi connectivity index (χ1n) is 5.38. The van der Waals surface area contributed by atoms with E-state index in [4.69, 9.17) is 0 Å². The molecule has 0 heterocycles. The summed E-state index contributed by atoms with van der Waals surface area (Å²) in [5.41, 5.74) is 0.422. The lowest BCUT2D eigenvalue weighted by Gasteiger charge is -2.08. The smallest absolute Gasteiger partial charge is 0.251 e. The number of hydrogen-bond donors (Lipinski definition) is 3. The van der Waals surface area contributed by atoms with Crippen LogP contribution in [0.3, 0.4) is 0 Å². The second-order valence-electron chi connectivity index (χ2n) is 3.66. The highest BCUT2D eigenvalue weighted by Crippen LogP contribution is 2.10. The van der Waals surface area contributed by atoms with Gasteiger partial charge in [-0.2, -0.15) is 0 Å². The molecule has 4 nitrogen and oxygen atoms in total. The number of nitrogens with one attached hydrogen (secondary N) is 1. The molecule has 1 atom stereocenters. The lowest BCUT2D eigenvalue weighted by Crippen LogP contribution is -2.26. The van der Waals surface area contributed by atoms with E-state index in [2.05, 4.69) is 5.32 Å². The fraction of sp³-hybridized carbons (Fsp3) is 0.417. The number of aromatic hydroxyl groups is 1. The van der Waals surface area contributed by atoms with Gasteiger partial charge in [0.25, 0.3) is 5.91 Å². The molecule has 0 aliphatic rings. The van der Waals surface area contributed by atoms with Gasteiger partial charge < -0.3 is 15.5 Å². The Bertz CT molecular complexity index is 352. The van der Waals surface area contributed by atoms with Crippen molar-refractivity contribution >= 4 is 5.91 Å².